The van der Waals surface area contributed by atoms with Crippen molar-refractivity contribution < 1.29 is 9.59 Å². The lowest BCUT2D eigenvalue weighted by molar-refractivity contribution is -0.110. The fourth-order valence-electron chi connectivity index (χ4n) is 2.21. The van der Waals surface area contributed by atoms with Crippen LogP contribution in [0.15, 0.2) is 4.99 Å². The molecule has 0 radical (unpaired) electrons. The minimum absolute atomic E-state index is 0.204. The van der Waals surface area contributed by atoms with Crippen LogP contribution in [0, 0.1) is 16.7 Å². The first-order valence-electron chi connectivity index (χ1n) is 11.5. The largest absolute Gasteiger partial charge is 0.329 e. The van der Waals surface area contributed by atoms with Gasteiger partial charge in [-0.3, -0.25) is 4.99 Å². The molecule has 0 saturated carbocycles. The lowest BCUT2D eigenvalue weighted by atomic mass is 9.85. The Morgan fingerprint density at radius 1 is 1.06 bits per heavy atom. The van der Waals surface area contributed by atoms with Gasteiger partial charge in [-0.25, -0.2) is 0 Å². The van der Waals surface area contributed by atoms with Crippen LogP contribution >= 0.6 is 44.2 Å². The molecular weight excluding hydrogens is 616 g/mol. The third-order valence-electron chi connectivity index (χ3n) is 4.08. The van der Waals surface area contributed by atoms with E-state index in [1.165, 1.54) is 38.8 Å². The van der Waals surface area contributed by atoms with Crippen LogP contribution in [-0.4, -0.2) is 55.8 Å². The highest BCUT2D eigenvalue weighted by Gasteiger charge is 2.19. The molecule has 33 heavy (non-hydrogen) atoms. The monoisotopic (exact) mass is 664 g/mol. The number of alkyl halides is 1. The van der Waals surface area contributed by atoms with Crippen molar-refractivity contribution in [2.75, 3.05) is 32.7 Å². The summed E-state index contributed by atoms with van der Waals surface area (Å²) in [5.41, 5.74) is 10.8. The van der Waals surface area contributed by atoms with Crippen LogP contribution in [0.2, 0.25) is 0 Å². The Labute approximate surface area is 228 Å². The van der Waals surface area contributed by atoms with E-state index in [1.54, 1.807) is 13.8 Å². The Morgan fingerprint density at radius 2 is 1.52 bits per heavy atom. The number of nitrogens with zero attached hydrogens (tertiary/aromatic N) is 1. The van der Waals surface area contributed by atoms with Gasteiger partial charge in [0.1, 0.15) is 12.6 Å². The number of carbonyl (C=O) groups is 2. The topological polar surface area (TPSA) is 111 Å². The third-order valence-corrected chi connectivity index (χ3v) is 4.27. The molecule has 0 bridgehead atoms. The molecule has 0 amide bonds. The van der Waals surface area contributed by atoms with E-state index in [4.69, 9.17) is 11.5 Å². The van der Waals surface area contributed by atoms with Crippen LogP contribution in [0.3, 0.4) is 0 Å². The van der Waals surface area contributed by atoms with Gasteiger partial charge in [-0.1, -0.05) is 57.5 Å². The van der Waals surface area contributed by atoms with E-state index in [2.05, 4.69) is 88.4 Å². The summed E-state index contributed by atoms with van der Waals surface area (Å²) < 4.78 is -0.326. The zero-order valence-electron chi connectivity index (χ0n) is 22.2. The van der Waals surface area contributed by atoms with Gasteiger partial charge in [0.05, 0.1) is 4.32 Å². The molecule has 2 aliphatic rings. The molecule has 0 aromatic heterocycles. The van der Waals surface area contributed by atoms with Gasteiger partial charge in [0, 0.05) is 66.6 Å². The van der Waals surface area contributed by atoms with E-state index in [0.29, 0.717) is 23.9 Å². The average molecular weight is 667 g/mol. The quantitative estimate of drug-likeness (QED) is 0.250. The smallest absolute Gasteiger partial charge is 0.136 e. The van der Waals surface area contributed by atoms with Crippen molar-refractivity contribution in [3.05, 3.63) is 0 Å². The highest BCUT2D eigenvalue weighted by atomic mass is 80.9. The van der Waals surface area contributed by atoms with Gasteiger partial charge in [0.25, 0.3) is 0 Å². The van der Waals surface area contributed by atoms with Crippen molar-refractivity contribution in [1.29, 1.82) is 0 Å². The standard InChI is InChI=1S/C7H15N.C7H13N.C4H7BrO.C4H8O.C2H8N2.Br2/c2*1-7(2)4-3-5-8-6-7;1-4(2,5)3-6;1-4(2)3-5;3-1-2-4;1-2/h8H,3-6H2,1-2H3;6H,3-5H2,1-2H3;3H,1-2H3;3-4H,1-2H3;1-4H2;. The molecule has 2 aliphatic heterocycles. The number of aldehydes is 2. The van der Waals surface area contributed by atoms with Crippen LogP contribution in [0.4, 0.5) is 0 Å². The number of piperidine rings is 1. The maximum Gasteiger partial charge on any atom is 0.136 e. The van der Waals surface area contributed by atoms with Crippen LogP contribution < -0.4 is 16.8 Å². The van der Waals surface area contributed by atoms with E-state index in [1.807, 2.05) is 13.8 Å². The summed E-state index contributed by atoms with van der Waals surface area (Å²) in [6, 6.07) is 0. The summed E-state index contributed by atoms with van der Waals surface area (Å²) >= 11 is 8.61. The molecular formula is C24H51Br3N4O2. The molecule has 0 aliphatic carbocycles. The average Bonchev–Trinajstić information content (AvgIpc) is 2.76. The number of nitrogens with two attached hydrogens (primary N) is 2. The van der Waals surface area contributed by atoms with Crippen molar-refractivity contribution in [2.24, 2.45) is 33.2 Å². The number of aliphatic imine (C=N–C) groups is 1. The van der Waals surface area contributed by atoms with Crippen LogP contribution in [0.25, 0.3) is 0 Å². The van der Waals surface area contributed by atoms with E-state index in [-0.39, 0.29) is 10.2 Å². The molecule has 0 spiro atoms. The Balaban J connectivity index is -0.000000160. The molecule has 0 aromatic carbocycles. The molecule has 2 rings (SSSR count). The molecule has 1 saturated heterocycles. The summed E-state index contributed by atoms with van der Waals surface area (Å²) in [5, 5.41) is 3.38. The summed E-state index contributed by atoms with van der Waals surface area (Å²) in [6.07, 6.45) is 9.16. The second kappa shape index (κ2) is 25.4. The van der Waals surface area contributed by atoms with Gasteiger partial charge >= 0.3 is 0 Å². The van der Waals surface area contributed by atoms with Gasteiger partial charge in [-0.2, -0.15) is 0 Å². The van der Waals surface area contributed by atoms with E-state index < -0.39 is 0 Å². The van der Waals surface area contributed by atoms with Crippen LogP contribution in [0.5, 0.6) is 0 Å². The minimum atomic E-state index is -0.326. The molecule has 0 atom stereocenters. The van der Waals surface area contributed by atoms with Crippen molar-refractivity contribution in [3.63, 3.8) is 0 Å². The van der Waals surface area contributed by atoms with Crippen LogP contribution in [-0.2, 0) is 9.59 Å². The minimum Gasteiger partial charge on any atom is -0.329 e. The predicted octanol–water partition coefficient (Wildman–Crippen LogP) is 6.07. The summed E-state index contributed by atoms with van der Waals surface area (Å²) in [6.45, 7) is 21.1. The molecule has 200 valence electrons. The van der Waals surface area contributed by atoms with Crippen molar-refractivity contribution in [3.8, 4) is 0 Å². The highest BCUT2D eigenvalue weighted by molar-refractivity contribution is 9.93. The van der Waals surface area contributed by atoms with Crippen molar-refractivity contribution >= 4 is 63.0 Å². The Kier molecular flexibility index (Phi) is 31.2. The summed E-state index contributed by atoms with van der Waals surface area (Å²) in [5.74, 6) is 0.204. The van der Waals surface area contributed by atoms with Gasteiger partial charge < -0.3 is 26.4 Å². The fourth-order valence-corrected chi connectivity index (χ4v) is 2.21. The van der Waals surface area contributed by atoms with Gasteiger partial charge in [-0.05, 0) is 56.9 Å². The molecule has 1 fully saturated rings. The SMILES string of the molecule is BrBr.CC(C)(Br)C=O.CC(C)C=O.CC1(C)C=NCCC1.CC1(C)CCCNC1.NCCN. The first-order chi connectivity index (χ1) is 15.2. The third kappa shape index (κ3) is 42.9. The number of hydrogen-bond donors (Lipinski definition) is 3. The molecule has 9 heteroatoms. The van der Waals surface area contributed by atoms with Gasteiger partial charge in [-0.15, -0.1) is 0 Å². The molecule has 0 aromatic rings. The van der Waals surface area contributed by atoms with Crippen molar-refractivity contribution in [1.82, 2.24) is 5.32 Å². The molecule has 2 heterocycles. The van der Waals surface area contributed by atoms with E-state index >= 15 is 0 Å². The fraction of sp³-hybridized carbons (Fsp3) is 0.875. The normalized spacial score (nSPS) is 17.4. The zero-order chi connectivity index (χ0) is 27.0. The highest BCUT2D eigenvalue weighted by Crippen LogP contribution is 2.23. The maximum atomic E-state index is 9.78. The second-order valence-corrected chi connectivity index (χ2v) is 12.3. The maximum absolute atomic E-state index is 9.78. The Morgan fingerprint density at radius 3 is 1.64 bits per heavy atom. The summed E-state index contributed by atoms with van der Waals surface area (Å²) in [7, 11) is 0. The first-order valence-corrected chi connectivity index (χ1v) is 16.0. The number of nitrogens with one attached hydrogen (secondary N) is 1. The molecule has 5 N–H and O–H groups in total. The molecule has 6 nitrogen and oxygen atoms in total. The predicted molar refractivity (Wildman–Crippen MR) is 158 cm³/mol. The lowest BCUT2D eigenvalue weighted by Crippen LogP contribution is -2.35. The number of carbonyl (C=O) groups excluding carboxylic acids is 2. The number of rotatable bonds is 3. The van der Waals surface area contributed by atoms with Gasteiger partial charge in [0.15, 0.2) is 0 Å². The van der Waals surface area contributed by atoms with Gasteiger partial charge in [0.2, 0.25) is 0 Å². The Hall–Kier alpha value is 0.330. The van der Waals surface area contributed by atoms with Crippen molar-refractivity contribution in [2.45, 2.75) is 85.4 Å². The first kappa shape index (κ1) is 40.5. The Bertz CT molecular complexity index is 457. The van der Waals surface area contributed by atoms with E-state index in [9.17, 15) is 9.59 Å². The number of hydrogen-bond acceptors (Lipinski definition) is 6. The zero-order valence-corrected chi connectivity index (χ0v) is 27.0. The van der Waals surface area contributed by atoms with E-state index in [0.717, 1.165) is 19.1 Å². The summed E-state index contributed by atoms with van der Waals surface area (Å²) in [4.78, 5) is 23.5. The lowest BCUT2D eigenvalue weighted by Gasteiger charge is -2.29. The van der Waals surface area contributed by atoms with Crippen LogP contribution in [0.1, 0.15) is 81.1 Å². The molecule has 0 unspecified atom stereocenters. The number of halogens is 3. The second-order valence-electron chi connectivity index (χ2n) is 10.2.